The quantitative estimate of drug-likeness (QED) is 0.372. The number of methoxy groups -OCH3 is 1. The number of anilines is 1. The van der Waals surface area contributed by atoms with Crippen LogP contribution < -0.4 is 10.5 Å². The van der Waals surface area contributed by atoms with Crippen LogP contribution in [0.25, 0.3) is 0 Å². The van der Waals surface area contributed by atoms with Gasteiger partial charge in [-0.05, 0) is 45.4 Å². The minimum Gasteiger partial charge on any atom is -0.733 e. The Morgan fingerprint density at radius 2 is 1.80 bits per heavy atom. The van der Waals surface area contributed by atoms with E-state index < -0.39 is 17.9 Å². The Labute approximate surface area is 175 Å². The Morgan fingerprint density at radius 3 is 2.37 bits per heavy atom. The average Bonchev–Trinajstić information content (AvgIpc) is 2.66. The zero-order valence-corrected chi connectivity index (χ0v) is 17.7. The van der Waals surface area contributed by atoms with Gasteiger partial charge in [0.1, 0.15) is 6.61 Å². The number of carbonyl (C=O) groups excluding carboxylic acids is 2. The fraction of sp³-hybridized carbons (Fsp3) is 0.429. The molecule has 1 aliphatic heterocycles. The maximum atomic E-state index is 12.9. The van der Waals surface area contributed by atoms with Crippen molar-refractivity contribution in [3.8, 4) is 0 Å². The Kier molecular flexibility index (Phi) is 7.99. The number of benzene rings is 1. The van der Waals surface area contributed by atoms with E-state index in [2.05, 4.69) is 5.32 Å². The number of dihydropyridines is 1. The predicted octanol–water partition coefficient (Wildman–Crippen LogP) is 2.76. The van der Waals surface area contributed by atoms with E-state index in [1.165, 1.54) is 19.2 Å². The molecule has 2 N–H and O–H groups in total. The van der Waals surface area contributed by atoms with Crippen LogP contribution in [0, 0.1) is 5.21 Å². The molecular formula is C21H27N2O7-. The molecule has 0 bridgehead atoms. The van der Waals surface area contributed by atoms with Crippen LogP contribution >= 0.6 is 0 Å². The number of nitrogens with zero attached hydrogens (tertiary/aromatic N) is 1. The molecule has 0 radical (unpaired) electrons. The van der Waals surface area contributed by atoms with Gasteiger partial charge in [0.25, 0.3) is 0 Å². The molecule has 0 amide bonds. The lowest BCUT2D eigenvalue weighted by Gasteiger charge is -2.31. The molecule has 1 unspecified atom stereocenters. The summed E-state index contributed by atoms with van der Waals surface area (Å²) in [5.41, 5.74) is 1.88. The van der Waals surface area contributed by atoms with Crippen LogP contribution in [0.2, 0.25) is 0 Å². The summed E-state index contributed by atoms with van der Waals surface area (Å²) in [7, 11) is 1.49. The third-order valence-electron chi connectivity index (χ3n) is 4.49. The molecular weight excluding hydrogens is 392 g/mol. The van der Waals surface area contributed by atoms with Gasteiger partial charge >= 0.3 is 11.9 Å². The van der Waals surface area contributed by atoms with Crippen molar-refractivity contribution in [1.29, 1.82) is 0 Å². The number of rotatable bonds is 8. The minimum atomic E-state index is -0.854. The number of esters is 2. The second kappa shape index (κ2) is 10.2. The maximum absolute atomic E-state index is 12.9. The molecule has 1 atom stereocenters. The van der Waals surface area contributed by atoms with Gasteiger partial charge in [0.15, 0.2) is 0 Å². The minimum absolute atomic E-state index is 0.0370. The topological polar surface area (TPSA) is 120 Å². The van der Waals surface area contributed by atoms with Crippen molar-refractivity contribution in [2.45, 2.75) is 39.7 Å². The van der Waals surface area contributed by atoms with Gasteiger partial charge in [0.2, 0.25) is 0 Å². The Bertz CT molecular complexity index is 859. The third kappa shape index (κ3) is 5.38. The first-order valence-corrected chi connectivity index (χ1v) is 9.49. The first-order valence-electron chi connectivity index (χ1n) is 9.49. The van der Waals surface area contributed by atoms with Gasteiger partial charge in [-0.3, -0.25) is 5.21 Å². The predicted molar refractivity (Wildman–Crippen MR) is 109 cm³/mol. The van der Waals surface area contributed by atoms with Crippen LogP contribution in [0.1, 0.15) is 39.2 Å². The SMILES string of the molecule is COCCOC(=O)C1=C(C)NC(C)=C(C(=O)OC(C)C)C1c1cccc(N([O-])O)c1. The van der Waals surface area contributed by atoms with Crippen molar-refractivity contribution in [2.75, 3.05) is 25.6 Å². The van der Waals surface area contributed by atoms with Gasteiger partial charge in [-0.2, -0.15) is 0 Å². The summed E-state index contributed by atoms with van der Waals surface area (Å²) in [6.07, 6.45) is -0.372. The third-order valence-corrected chi connectivity index (χ3v) is 4.49. The van der Waals surface area contributed by atoms with Gasteiger partial charge in [-0.1, -0.05) is 12.1 Å². The summed E-state index contributed by atoms with van der Waals surface area (Å²) >= 11 is 0. The molecule has 0 aliphatic carbocycles. The van der Waals surface area contributed by atoms with E-state index in [0.717, 1.165) is 0 Å². The first-order chi connectivity index (χ1) is 14.2. The lowest BCUT2D eigenvalue weighted by Crippen LogP contribution is -2.33. The lowest BCUT2D eigenvalue weighted by atomic mass is 9.80. The fourth-order valence-corrected chi connectivity index (χ4v) is 3.26. The number of ether oxygens (including phenoxy) is 3. The second-order valence-corrected chi connectivity index (χ2v) is 7.09. The molecule has 1 aromatic carbocycles. The van der Waals surface area contributed by atoms with Crippen LogP contribution in [0.3, 0.4) is 0 Å². The zero-order chi connectivity index (χ0) is 22.4. The number of hydrogen-bond donors (Lipinski definition) is 2. The Balaban J connectivity index is 2.59. The largest absolute Gasteiger partial charge is 0.733 e. The lowest BCUT2D eigenvalue weighted by molar-refractivity contribution is -0.143. The number of allylic oxidation sites excluding steroid dienone is 2. The molecule has 164 valence electrons. The molecule has 1 heterocycles. The molecule has 1 aliphatic rings. The average molecular weight is 419 g/mol. The maximum Gasteiger partial charge on any atom is 0.337 e. The summed E-state index contributed by atoms with van der Waals surface area (Å²) in [4.78, 5) is 25.8. The van der Waals surface area contributed by atoms with Crippen molar-refractivity contribution in [2.24, 2.45) is 0 Å². The number of hydrogen-bond acceptors (Lipinski definition) is 9. The van der Waals surface area contributed by atoms with Gasteiger partial charge in [0, 0.05) is 18.5 Å². The van der Waals surface area contributed by atoms with Crippen molar-refractivity contribution < 1.29 is 29.0 Å². The summed E-state index contributed by atoms with van der Waals surface area (Å²) in [5.74, 6) is -2.08. The van der Waals surface area contributed by atoms with Gasteiger partial charge < -0.3 is 30.0 Å². The van der Waals surface area contributed by atoms with Crippen molar-refractivity contribution in [3.63, 3.8) is 0 Å². The van der Waals surface area contributed by atoms with E-state index in [9.17, 15) is 20.0 Å². The number of nitrogens with one attached hydrogen (secondary N) is 1. The molecule has 9 heteroatoms. The summed E-state index contributed by atoms with van der Waals surface area (Å²) < 4.78 is 15.6. The molecule has 30 heavy (non-hydrogen) atoms. The molecule has 0 aromatic heterocycles. The van der Waals surface area contributed by atoms with E-state index in [1.54, 1.807) is 39.8 Å². The van der Waals surface area contributed by atoms with Gasteiger partial charge in [-0.25, -0.2) is 9.59 Å². The van der Waals surface area contributed by atoms with Crippen molar-refractivity contribution in [1.82, 2.24) is 5.32 Å². The van der Waals surface area contributed by atoms with Gasteiger partial charge in [0.05, 0.1) is 35.5 Å². The Hall–Kier alpha value is -2.88. The van der Waals surface area contributed by atoms with Crippen LogP contribution in [-0.2, 0) is 23.8 Å². The fourth-order valence-electron chi connectivity index (χ4n) is 3.26. The highest BCUT2D eigenvalue weighted by molar-refractivity contribution is 6.00. The van der Waals surface area contributed by atoms with Crippen molar-refractivity contribution in [3.05, 3.63) is 57.6 Å². The second-order valence-electron chi connectivity index (χ2n) is 7.09. The highest BCUT2D eigenvalue weighted by Gasteiger charge is 2.38. The number of carbonyl (C=O) groups is 2. The molecule has 1 aromatic rings. The van der Waals surface area contributed by atoms with E-state index in [-0.39, 0.29) is 41.4 Å². The van der Waals surface area contributed by atoms with E-state index in [1.807, 2.05) is 0 Å². The van der Waals surface area contributed by atoms with Gasteiger partial charge in [-0.15, -0.1) is 0 Å². The normalized spacial score (nSPS) is 16.5. The van der Waals surface area contributed by atoms with E-state index >= 15 is 0 Å². The summed E-state index contributed by atoms with van der Waals surface area (Å²) in [6, 6.07) is 6.04. The van der Waals surface area contributed by atoms with Crippen LogP contribution in [0.15, 0.2) is 46.8 Å². The van der Waals surface area contributed by atoms with Crippen LogP contribution in [0.5, 0.6) is 0 Å². The molecule has 0 saturated carbocycles. The zero-order valence-electron chi connectivity index (χ0n) is 17.7. The smallest absolute Gasteiger partial charge is 0.337 e. The van der Waals surface area contributed by atoms with Crippen LogP contribution in [-0.4, -0.2) is 43.6 Å². The summed E-state index contributed by atoms with van der Waals surface area (Å²) in [6.45, 7) is 7.11. The first kappa shape index (κ1) is 23.4. The molecule has 0 fully saturated rings. The van der Waals surface area contributed by atoms with E-state index in [0.29, 0.717) is 17.0 Å². The molecule has 0 spiro atoms. The molecule has 9 nitrogen and oxygen atoms in total. The Morgan fingerprint density at radius 1 is 1.17 bits per heavy atom. The molecule has 0 saturated heterocycles. The monoisotopic (exact) mass is 419 g/mol. The van der Waals surface area contributed by atoms with E-state index in [4.69, 9.17) is 14.2 Å². The van der Waals surface area contributed by atoms with Crippen LogP contribution in [0.4, 0.5) is 5.69 Å². The standard InChI is InChI=1S/C21H27N2O7/c1-12(2)30-21(25)18-14(4)22-13(3)17(20(24)29-10-9-28-5)19(18)15-7-6-8-16(11-15)23(26)27/h6-8,11-12,19,22,26H,9-10H2,1-5H3/q-1. The highest BCUT2D eigenvalue weighted by Crippen LogP contribution is 2.40. The molecule has 2 rings (SSSR count). The summed E-state index contributed by atoms with van der Waals surface area (Å²) in [5, 5.41) is 23.5. The van der Waals surface area contributed by atoms with Crippen molar-refractivity contribution >= 4 is 17.6 Å². The highest BCUT2D eigenvalue weighted by atomic mass is 16.8.